The molecule has 2 fully saturated rings. The van der Waals surface area contributed by atoms with E-state index < -0.39 is 12.2 Å². The molecule has 10 nitrogen and oxygen atoms in total. The Morgan fingerprint density at radius 2 is 1.57 bits per heavy atom. The SMILES string of the molecule is O=C(CCCC(=O)NCc1cccc(-c2ccc([C@@H]3O[C@H](CN4CCOCC4)C[C@H](c4ccc(CO)cc4)O3)cc2)c1)NO. The summed E-state index contributed by atoms with van der Waals surface area (Å²) < 4.78 is 18.6. The van der Waals surface area contributed by atoms with Crippen LogP contribution in [0.4, 0.5) is 0 Å². The van der Waals surface area contributed by atoms with Crippen molar-refractivity contribution in [1.29, 1.82) is 0 Å². The number of hydroxylamine groups is 1. The van der Waals surface area contributed by atoms with Crippen LogP contribution in [-0.2, 0) is 37.0 Å². The zero-order valence-electron chi connectivity index (χ0n) is 24.8. The summed E-state index contributed by atoms with van der Waals surface area (Å²) in [5.74, 6) is -0.646. The van der Waals surface area contributed by atoms with E-state index in [0.29, 0.717) is 13.0 Å². The van der Waals surface area contributed by atoms with Gasteiger partial charge in [0.05, 0.1) is 32.0 Å². The van der Waals surface area contributed by atoms with Crippen LogP contribution in [-0.4, -0.2) is 66.0 Å². The molecule has 2 aliphatic rings. The number of benzene rings is 3. The first-order chi connectivity index (χ1) is 21.5. The number of amides is 2. The van der Waals surface area contributed by atoms with E-state index in [1.807, 2.05) is 60.7 Å². The van der Waals surface area contributed by atoms with Gasteiger partial charge in [-0.1, -0.05) is 66.7 Å². The average Bonchev–Trinajstić information content (AvgIpc) is 3.08. The van der Waals surface area contributed by atoms with Crippen LogP contribution in [0.15, 0.2) is 72.8 Å². The number of rotatable bonds is 12. The lowest BCUT2D eigenvalue weighted by Gasteiger charge is -2.39. The molecule has 0 radical (unpaired) electrons. The van der Waals surface area contributed by atoms with Crippen molar-refractivity contribution in [3.8, 4) is 11.1 Å². The Bertz CT molecular complexity index is 1360. The van der Waals surface area contributed by atoms with Gasteiger partial charge >= 0.3 is 0 Å². The lowest BCUT2D eigenvalue weighted by molar-refractivity contribution is -0.253. The van der Waals surface area contributed by atoms with Gasteiger partial charge in [0.2, 0.25) is 11.8 Å². The molecule has 2 aliphatic heterocycles. The van der Waals surface area contributed by atoms with Crippen LogP contribution in [0.2, 0.25) is 0 Å². The molecule has 0 bridgehead atoms. The van der Waals surface area contributed by atoms with Crippen LogP contribution >= 0.6 is 0 Å². The van der Waals surface area contributed by atoms with Crippen LogP contribution in [0.3, 0.4) is 0 Å². The minimum Gasteiger partial charge on any atom is -0.392 e. The third kappa shape index (κ3) is 8.95. The molecule has 2 amide bonds. The minimum absolute atomic E-state index is 0.00669. The van der Waals surface area contributed by atoms with Crippen LogP contribution in [0, 0.1) is 0 Å². The second-order valence-corrected chi connectivity index (χ2v) is 11.3. The fourth-order valence-electron chi connectivity index (χ4n) is 5.55. The third-order valence-corrected chi connectivity index (χ3v) is 8.05. The van der Waals surface area contributed by atoms with Crippen LogP contribution in [0.25, 0.3) is 11.1 Å². The predicted octanol–water partition coefficient (Wildman–Crippen LogP) is 4.02. The lowest BCUT2D eigenvalue weighted by Crippen LogP contribution is -2.44. The number of nitrogens with one attached hydrogen (secondary N) is 2. The van der Waals surface area contributed by atoms with Crippen molar-refractivity contribution < 1.29 is 34.1 Å². The van der Waals surface area contributed by atoms with Crippen molar-refractivity contribution in [2.45, 2.75) is 57.3 Å². The highest BCUT2D eigenvalue weighted by atomic mass is 16.7. The third-order valence-electron chi connectivity index (χ3n) is 8.05. The van der Waals surface area contributed by atoms with Crippen LogP contribution in [0.5, 0.6) is 0 Å². The van der Waals surface area contributed by atoms with Gasteiger partial charge in [0.1, 0.15) is 0 Å². The van der Waals surface area contributed by atoms with Crippen molar-refractivity contribution in [1.82, 2.24) is 15.7 Å². The largest absolute Gasteiger partial charge is 0.392 e. The molecule has 2 saturated heterocycles. The Hall–Kier alpha value is -3.64. The van der Waals surface area contributed by atoms with Crippen molar-refractivity contribution in [3.05, 3.63) is 95.1 Å². The standard InChI is InChI=1S/C34H41N3O7/c38-23-24-7-9-27(10-8-24)31-20-30(22-37-15-17-42-18-16-37)43-34(44-31)28-13-11-26(12-14-28)29-4-1-3-25(19-29)21-35-32(39)5-2-6-33(40)36-41/h1,3-4,7-14,19,30-31,34,38,41H,2,5-6,15-18,20-23H2,(H,35,39)(H,36,40)/t30-,31+,34+/m0/s1. The van der Waals surface area contributed by atoms with E-state index in [9.17, 15) is 14.7 Å². The number of carbonyl (C=O) groups is 2. The Balaban J connectivity index is 1.24. The van der Waals surface area contributed by atoms with E-state index in [4.69, 9.17) is 19.4 Å². The van der Waals surface area contributed by atoms with Gasteiger partial charge in [-0.25, -0.2) is 5.48 Å². The predicted molar refractivity (Wildman–Crippen MR) is 163 cm³/mol. The minimum atomic E-state index is -0.517. The molecule has 0 saturated carbocycles. The summed E-state index contributed by atoms with van der Waals surface area (Å²) in [4.78, 5) is 25.7. The van der Waals surface area contributed by atoms with E-state index in [-0.39, 0.29) is 37.6 Å². The number of carbonyl (C=O) groups excluding carboxylic acids is 2. The fraction of sp³-hybridized carbons (Fsp3) is 0.412. The van der Waals surface area contributed by atoms with E-state index in [1.165, 1.54) is 0 Å². The van der Waals surface area contributed by atoms with E-state index >= 15 is 0 Å². The zero-order chi connectivity index (χ0) is 30.7. The summed E-state index contributed by atoms with van der Waals surface area (Å²) in [6.45, 7) is 4.46. The number of nitrogens with zero attached hydrogens (tertiary/aromatic N) is 1. The van der Waals surface area contributed by atoms with Gasteiger partial charge in [0.15, 0.2) is 6.29 Å². The molecule has 4 N–H and O–H groups in total. The molecule has 2 heterocycles. The second kappa shape index (κ2) is 15.9. The number of hydrogen-bond acceptors (Lipinski definition) is 8. The Morgan fingerprint density at radius 1 is 0.841 bits per heavy atom. The Morgan fingerprint density at radius 3 is 2.30 bits per heavy atom. The van der Waals surface area contributed by atoms with Crippen LogP contribution < -0.4 is 10.8 Å². The molecule has 3 atom stereocenters. The molecule has 10 heteroatoms. The molecule has 0 aliphatic carbocycles. The highest BCUT2D eigenvalue weighted by Gasteiger charge is 2.33. The maximum atomic E-state index is 12.2. The van der Waals surface area contributed by atoms with Gasteiger partial charge in [-0.05, 0) is 40.3 Å². The molecule has 5 rings (SSSR count). The summed E-state index contributed by atoms with van der Waals surface area (Å²) in [6.07, 6.45) is 0.756. The second-order valence-electron chi connectivity index (χ2n) is 11.3. The number of aliphatic hydroxyl groups excluding tert-OH is 1. The number of ether oxygens (including phenoxy) is 3. The van der Waals surface area contributed by atoms with Gasteiger partial charge in [0, 0.05) is 51.0 Å². The Kier molecular flexibility index (Phi) is 11.5. The maximum Gasteiger partial charge on any atom is 0.243 e. The smallest absolute Gasteiger partial charge is 0.243 e. The Labute approximate surface area is 257 Å². The number of aliphatic hydroxyl groups is 1. The van der Waals surface area contributed by atoms with Crippen LogP contribution in [0.1, 0.15) is 60.3 Å². The van der Waals surface area contributed by atoms with E-state index in [1.54, 1.807) is 5.48 Å². The van der Waals surface area contributed by atoms with Gasteiger partial charge in [-0.2, -0.15) is 0 Å². The average molecular weight is 604 g/mol. The first kappa shape index (κ1) is 31.8. The van der Waals surface area contributed by atoms with Crippen molar-refractivity contribution in [2.24, 2.45) is 0 Å². The summed E-state index contributed by atoms with van der Waals surface area (Å²) in [6, 6.07) is 24.1. The van der Waals surface area contributed by atoms with Crippen molar-refractivity contribution in [3.63, 3.8) is 0 Å². The fourth-order valence-corrected chi connectivity index (χ4v) is 5.55. The lowest BCUT2D eigenvalue weighted by atomic mass is 9.99. The van der Waals surface area contributed by atoms with Crippen molar-refractivity contribution >= 4 is 11.8 Å². The van der Waals surface area contributed by atoms with E-state index in [0.717, 1.165) is 72.6 Å². The molecule has 3 aromatic carbocycles. The van der Waals surface area contributed by atoms with Gasteiger partial charge in [-0.3, -0.25) is 19.7 Å². The van der Waals surface area contributed by atoms with Crippen molar-refractivity contribution in [2.75, 3.05) is 32.8 Å². The molecule has 234 valence electrons. The summed E-state index contributed by atoms with van der Waals surface area (Å²) in [7, 11) is 0. The number of morpholine rings is 1. The highest BCUT2D eigenvalue weighted by molar-refractivity contribution is 5.78. The quantitative estimate of drug-likeness (QED) is 0.181. The van der Waals surface area contributed by atoms with Gasteiger partial charge < -0.3 is 24.6 Å². The summed E-state index contributed by atoms with van der Waals surface area (Å²) in [5.41, 5.74) is 7.48. The molecule has 44 heavy (non-hydrogen) atoms. The molecule has 3 aromatic rings. The number of hydrogen-bond donors (Lipinski definition) is 4. The monoisotopic (exact) mass is 603 g/mol. The molecule has 0 unspecified atom stereocenters. The van der Waals surface area contributed by atoms with Gasteiger partial charge in [-0.15, -0.1) is 0 Å². The molecular weight excluding hydrogens is 562 g/mol. The molecule has 0 aromatic heterocycles. The zero-order valence-corrected chi connectivity index (χ0v) is 24.8. The first-order valence-electron chi connectivity index (χ1n) is 15.2. The maximum absolute atomic E-state index is 12.2. The normalized spacial score (nSPS) is 20.6. The topological polar surface area (TPSA) is 130 Å². The molecule has 0 spiro atoms. The van der Waals surface area contributed by atoms with E-state index in [2.05, 4.69) is 22.3 Å². The summed E-state index contributed by atoms with van der Waals surface area (Å²) >= 11 is 0. The first-order valence-corrected chi connectivity index (χ1v) is 15.2. The summed E-state index contributed by atoms with van der Waals surface area (Å²) in [5, 5.41) is 20.9. The van der Waals surface area contributed by atoms with Gasteiger partial charge in [0.25, 0.3) is 0 Å². The molecular formula is C34H41N3O7. The highest BCUT2D eigenvalue weighted by Crippen LogP contribution is 2.38.